The number of Topliss-reactive ketones (excluding diaryl/α,β-unsaturated/α-hetero) is 2. The Balaban J connectivity index is 0.000000231. The van der Waals surface area contributed by atoms with Crippen LogP contribution in [0.2, 0.25) is 0 Å². The fraction of sp³-hybridized carbons (Fsp3) is 0.318. The van der Waals surface area contributed by atoms with Crippen LogP contribution in [0.15, 0.2) is 73.1 Å². The summed E-state index contributed by atoms with van der Waals surface area (Å²) < 4.78 is 15.2. The van der Waals surface area contributed by atoms with Crippen LogP contribution in [0.1, 0.15) is 79.6 Å². The molecule has 17 nitrogen and oxygen atoms in total. The zero-order valence-electron chi connectivity index (χ0n) is 34.8. The van der Waals surface area contributed by atoms with Crippen molar-refractivity contribution >= 4 is 34.4 Å². The lowest BCUT2D eigenvalue weighted by molar-refractivity contribution is -0.275. The summed E-state index contributed by atoms with van der Waals surface area (Å²) >= 11 is 0. The average molecular weight is 839 g/mol. The number of aromatic nitrogens is 4. The van der Waals surface area contributed by atoms with Gasteiger partial charge in [-0.25, -0.2) is 29.5 Å². The van der Waals surface area contributed by atoms with E-state index in [4.69, 9.17) is 30.7 Å². The third-order valence-electron chi connectivity index (χ3n) is 9.61. The maximum atomic E-state index is 12.8. The molecule has 0 saturated carbocycles. The maximum Gasteiger partial charge on any atom is 0.289 e. The van der Waals surface area contributed by atoms with Crippen molar-refractivity contribution in [1.29, 1.82) is 0 Å². The average Bonchev–Trinajstić information content (AvgIpc) is 3.75. The lowest BCUT2D eigenvalue weighted by atomic mass is 9.99. The van der Waals surface area contributed by atoms with E-state index in [0.29, 0.717) is 53.7 Å². The molecule has 0 aliphatic heterocycles. The second kappa shape index (κ2) is 21.7. The summed E-state index contributed by atoms with van der Waals surface area (Å²) in [6.45, 7) is 5.88. The Morgan fingerprint density at radius 2 is 1.07 bits per heavy atom. The van der Waals surface area contributed by atoms with Gasteiger partial charge < -0.3 is 34.8 Å². The highest BCUT2D eigenvalue weighted by atomic mass is 17.2. The second-order valence-corrected chi connectivity index (χ2v) is 13.5. The van der Waals surface area contributed by atoms with Gasteiger partial charge in [0.25, 0.3) is 23.4 Å². The van der Waals surface area contributed by atoms with Gasteiger partial charge in [-0.2, -0.15) is 0 Å². The number of hydrogen-bond donors (Lipinski definition) is 3. The van der Waals surface area contributed by atoms with Crippen LogP contribution >= 0.6 is 0 Å². The number of rotatable bonds is 21. The minimum Gasteiger partial charge on any atom is -0.474 e. The number of primary amides is 2. The second-order valence-electron chi connectivity index (χ2n) is 13.5. The van der Waals surface area contributed by atoms with E-state index in [1.54, 1.807) is 10.6 Å². The first-order valence-corrected chi connectivity index (χ1v) is 19.5. The zero-order chi connectivity index (χ0) is 44.1. The van der Waals surface area contributed by atoms with Gasteiger partial charge in [-0.1, -0.05) is 74.5 Å². The number of amides is 2. The van der Waals surface area contributed by atoms with E-state index in [2.05, 4.69) is 19.7 Å². The first-order chi connectivity index (χ1) is 29.5. The van der Waals surface area contributed by atoms with Crippen molar-refractivity contribution in [2.75, 3.05) is 40.6 Å². The van der Waals surface area contributed by atoms with Crippen LogP contribution in [0, 0.1) is 6.92 Å². The molecule has 2 aromatic carbocycles. The van der Waals surface area contributed by atoms with E-state index >= 15 is 0 Å². The van der Waals surface area contributed by atoms with Crippen LogP contribution < -0.4 is 20.9 Å². The van der Waals surface area contributed by atoms with Crippen molar-refractivity contribution in [2.45, 2.75) is 53.1 Å². The highest BCUT2D eigenvalue weighted by Crippen LogP contribution is 2.34. The van der Waals surface area contributed by atoms with Crippen molar-refractivity contribution in [3.05, 3.63) is 129 Å². The van der Waals surface area contributed by atoms with Gasteiger partial charge in [0.05, 0.1) is 43.3 Å². The normalized spacial score (nSPS) is 11.0. The summed E-state index contributed by atoms with van der Waals surface area (Å²) in [7, 11) is 2.78. The fourth-order valence-electron chi connectivity index (χ4n) is 7.12. The van der Waals surface area contributed by atoms with Crippen molar-refractivity contribution in [3.8, 4) is 11.8 Å². The van der Waals surface area contributed by atoms with E-state index in [-0.39, 0.29) is 55.9 Å². The third-order valence-corrected chi connectivity index (χ3v) is 9.61. The summed E-state index contributed by atoms with van der Waals surface area (Å²) in [5.74, 6) is -3.30. The Labute approximate surface area is 352 Å². The van der Waals surface area contributed by atoms with Crippen LogP contribution in [-0.4, -0.2) is 87.9 Å². The van der Waals surface area contributed by atoms with Crippen molar-refractivity contribution in [1.82, 2.24) is 18.8 Å². The van der Waals surface area contributed by atoms with E-state index in [9.17, 15) is 24.3 Å². The molecule has 0 unspecified atom stereocenters. The molecule has 0 saturated heterocycles. The van der Waals surface area contributed by atoms with Gasteiger partial charge in [0, 0.05) is 36.6 Å². The zero-order valence-corrected chi connectivity index (χ0v) is 34.8. The van der Waals surface area contributed by atoms with Crippen molar-refractivity contribution in [3.63, 3.8) is 0 Å². The molecule has 0 fully saturated rings. The number of hydrogen-bond acceptors (Lipinski definition) is 13. The highest BCUT2D eigenvalue weighted by Gasteiger charge is 2.30. The quantitative estimate of drug-likeness (QED) is 0.0306. The molecule has 4 aromatic heterocycles. The van der Waals surface area contributed by atoms with Gasteiger partial charge in [-0.15, -0.1) is 0 Å². The first-order valence-electron chi connectivity index (χ1n) is 19.5. The van der Waals surface area contributed by atoms with Gasteiger partial charge >= 0.3 is 0 Å². The molecule has 2 amide bonds. The number of nitrogens with zero attached hydrogens (tertiary/aromatic N) is 4. The fourth-order valence-corrected chi connectivity index (χ4v) is 7.12. The Kier molecular flexibility index (Phi) is 16.2. The number of fused-ring (bicyclic) bond motifs is 2. The van der Waals surface area contributed by atoms with E-state index in [0.717, 1.165) is 28.1 Å². The molecular formula is C44H50N6O11. The number of aryl methyl sites for hydroxylation is 1. The van der Waals surface area contributed by atoms with Crippen LogP contribution in [0.5, 0.6) is 11.8 Å². The molecule has 4 heterocycles. The molecule has 5 N–H and O–H groups in total. The molecule has 0 spiro atoms. The maximum absolute atomic E-state index is 12.8. The van der Waals surface area contributed by atoms with Crippen LogP contribution in [0.25, 0.3) is 11.0 Å². The SMILES string of the molecule is CCc1c(C(=O)C(N)=O)c2c(OCCOOC)nc(C)cn2c1Cc1ccccc1.CCc1c(C(=O)C(N)=O)c2c(OCCOOC)nc(CO)cn2c1Cc1ccccc1. The number of ether oxygens (including phenoxy) is 2. The van der Waals surface area contributed by atoms with E-state index in [1.165, 1.54) is 14.2 Å². The van der Waals surface area contributed by atoms with Gasteiger partial charge in [-0.05, 0) is 42.0 Å². The molecule has 0 bridgehead atoms. The molecule has 0 radical (unpaired) electrons. The number of nitrogens with two attached hydrogens (primary N) is 2. The minimum absolute atomic E-state index is 0.0796. The standard InChI is InChI=1S/C22H25N3O6.C22H25N3O5/c1-3-16-17(11-14-7-5-4-6-8-14)25-12-15(13-26)24-22(30-9-10-31-29-2)19(25)18(16)20(27)21(23)28;1-4-16-17(12-15-8-6-5-7-9-15)25-13-14(2)24-22(29-10-11-30-28-3)19(25)18(16)20(26)21(23)27/h4-8,12,26H,3,9-11,13H2,1-2H3,(H2,23,28);5-9,13H,4,10-12H2,1-3H3,(H2,23,27). The predicted molar refractivity (Wildman–Crippen MR) is 222 cm³/mol. The van der Waals surface area contributed by atoms with Gasteiger partial charge in [-0.3, -0.25) is 19.2 Å². The summed E-state index contributed by atoms with van der Waals surface area (Å²) in [6, 6.07) is 19.6. The van der Waals surface area contributed by atoms with Gasteiger partial charge in [0.15, 0.2) is 0 Å². The first kappa shape index (κ1) is 45.6. The van der Waals surface area contributed by atoms with Crippen LogP contribution in [0.4, 0.5) is 0 Å². The van der Waals surface area contributed by atoms with E-state index in [1.807, 2.05) is 92.0 Å². The summed E-state index contributed by atoms with van der Waals surface area (Å²) in [5, 5.41) is 9.73. The monoisotopic (exact) mass is 838 g/mol. The Morgan fingerprint density at radius 3 is 1.46 bits per heavy atom. The molecule has 17 heteroatoms. The minimum atomic E-state index is -1.06. The molecule has 6 aromatic rings. The largest absolute Gasteiger partial charge is 0.474 e. The van der Waals surface area contributed by atoms with Crippen molar-refractivity contribution < 1.29 is 53.3 Å². The van der Waals surface area contributed by atoms with Gasteiger partial charge in [0.1, 0.15) is 37.5 Å². The molecule has 322 valence electrons. The smallest absolute Gasteiger partial charge is 0.289 e. The predicted octanol–water partition coefficient (Wildman–Crippen LogP) is 4.03. The highest BCUT2D eigenvalue weighted by molar-refractivity contribution is 6.45. The summed E-state index contributed by atoms with van der Waals surface area (Å²) in [4.78, 5) is 76.8. The topological polar surface area (TPSA) is 231 Å². The third kappa shape index (κ3) is 10.6. The number of aliphatic hydroxyl groups is 1. The lowest BCUT2D eigenvalue weighted by Crippen LogP contribution is -2.24. The number of aliphatic hydroxyl groups excluding tert-OH is 1. The van der Waals surface area contributed by atoms with Crippen molar-refractivity contribution in [2.24, 2.45) is 11.5 Å². The lowest BCUT2D eigenvalue weighted by Gasteiger charge is -2.11. The summed E-state index contributed by atoms with van der Waals surface area (Å²) in [6.07, 6.45) is 5.58. The molecule has 61 heavy (non-hydrogen) atoms. The molecule has 0 aliphatic rings. The molecule has 0 aliphatic carbocycles. The number of carbonyl (C=O) groups excluding carboxylic acids is 4. The Hall–Kier alpha value is -6.50. The number of ketones is 2. The Morgan fingerprint density at radius 1 is 0.639 bits per heavy atom. The molecular weight excluding hydrogens is 789 g/mol. The molecule has 0 atom stereocenters. The molecule has 6 rings (SSSR count). The number of benzene rings is 2. The Bertz CT molecular complexity index is 2480. The number of carbonyl (C=O) groups is 4. The van der Waals surface area contributed by atoms with E-state index < -0.39 is 23.4 Å². The van der Waals surface area contributed by atoms with Crippen LogP contribution in [0.3, 0.4) is 0 Å². The summed E-state index contributed by atoms with van der Waals surface area (Å²) in [5.41, 5.74) is 18.2. The van der Waals surface area contributed by atoms with Crippen LogP contribution in [-0.2, 0) is 61.4 Å². The van der Waals surface area contributed by atoms with Gasteiger partial charge in [0.2, 0.25) is 11.8 Å².